The van der Waals surface area contributed by atoms with E-state index in [1.54, 1.807) is 6.92 Å². The highest BCUT2D eigenvalue weighted by molar-refractivity contribution is 6.87. The molecule has 0 spiro atoms. The van der Waals surface area contributed by atoms with Crippen molar-refractivity contribution >= 4 is 25.2 Å². The summed E-state index contributed by atoms with van der Waals surface area (Å²) in [5.74, 6) is 0. The van der Waals surface area contributed by atoms with Gasteiger partial charge >= 0.3 is 8.56 Å². The van der Waals surface area contributed by atoms with Gasteiger partial charge in [0.25, 0.3) is 0 Å². The normalized spacial score (nSPS) is 17.7. The first-order valence-corrected chi connectivity index (χ1v) is 15.9. The van der Waals surface area contributed by atoms with Crippen LogP contribution in [0.1, 0.15) is 6.92 Å². The van der Waals surface area contributed by atoms with Crippen molar-refractivity contribution in [3.05, 3.63) is 0 Å². The SMILES string of the molecule is C[C@@H](O)C(N)C[Si](C)(O[Si](C)(C)C)O[Si](C)(C)C. The van der Waals surface area contributed by atoms with Gasteiger partial charge in [-0.25, -0.2) is 0 Å². The third kappa shape index (κ3) is 8.57. The van der Waals surface area contributed by atoms with Gasteiger partial charge in [0.05, 0.1) is 6.10 Å². The molecular weight excluding hydrogens is 278 g/mol. The maximum absolute atomic E-state index is 9.59. The highest BCUT2D eigenvalue weighted by Crippen LogP contribution is 2.25. The Morgan fingerprint density at radius 3 is 1.50 bits per heavy atom. The van der Waals surface area contributed by atoms with E-state index in [1.165, 1.54) is 0 Å². The lowest BCUT2D eigenvalue weighted by molar-refractivity contribution is 0.166. The third-order valence-corrected chi connectivity index (χ3v) is 11.8. The van der Waals surface area contributed by atoms with Crippen LogP contribution in [-0.2, 0) is 8.23 Å². The van der Waals surface area contributed by atoms with Gasteiger partial charge in [0.15, 0.2) is 16.6 Å². The molecule has 0 heterocycles. The van der Waals surface area contributed by atoms with Gasteiger partial charge in [-0.15, -0.1) is 0 Å². The third-order valence-electron chi connectivity index (χ3n) is 2.27. The Balaban J connectivity index is 4.92. The Labute approximate surface area is 115 Å². The number of hydrogen-bond acceptors (Lipinski definition) is 4. The fraction of sp³-hybridized carbons (Fsp3) is 1.00. The second-order valence-electron chi connectivity index (χ2n) is 7.17. The summed E-state index contributed by atoms with van der Waals surface area (Å²) >= 11 is 0. The minimum atomic E-state index is -2.31. The monoisotopic (exact) mass is 309 g/mol. The molecule has 0 aliphatic heterocycles. The predicted octanol–water partition coefficient (Wildman–Crippen LogP) is 2.47. The first kappa shape index (κ1) is 18.5. The van der Waals surface area contributed by atoms with E-state index in [0.29, 0.717) is 6.04 Å². The summed E-state index contributed by atoms with van der Waals surface area (Å²) in [6.07, 6.45) is -0.521. The van der Waals surface area contributed by atoms with Gasteiger partial charge in [0, 0.05) is 12.1 Å². The Kier molecular flexibility index (Phi) is 6.47. The van der Waals surface area contributed by atoms with Crippen LogP contribution >= 0.6 is 0 Å². The van der Waals surface area contributed by atoms with E-state index in [1.807, 2.05) is 0 Å². The second-order valence-corrected chi connectivity index (χ2v) is 19.9. The summed E-state index contributed by atoms with van der Waals surface area (Å²) in [6, 6.07) is 0.383. The van der Waals surface area contributed by atoms with Gasteiger partial charge in [0.1, 0.15) is 0 Å². The van der Waals surface area contributed by atoms with Crippen LogP contribution < -0.4 is 5.73 Å². The molecule has 0 aliphatic carbocycles. The van der Waals surface area contributed by atoms with E-state index in [0.717, 1.165) is 0 Å². The van der Waals surface area contributed by atoms with Crippen LogP contribution in [0.3, 0.4) is 0 Å². The highest BCUT2D eigenvalue weighted by Gasteiger charge is 2.42. The van der Waals surface area contributed by atoms with Gasteiger partial charge in [-0.2, -0.15) is 0 Å². The molecule has 0 aliphatic rings. The van der Waals surface area contributed by atoms with Crippen molar-refractivity contribution in [2.45, 2.75) is 70.9 Å². The van der Waals surface area contributed by atoms with Gasteiger partial charge in [0.2, 0.25) is 0 Å². The molecule has 0 rings (SSSR count). The lowest BCUT2D eigenvalue weighted by Gasteiger charge is -2.40. The molecule has 0 aromatic rings. The van der Waals surface area contributed by atoms with Gasteiger partial charge in [-0.05, 0) is 52.8 Å². The largest absolute Gasteiger partial charge is 0.437 e. The van der Waals surface area contributed by atoms with Crippen LogP contribution in [0.5, 0.6) is 0 Å². The Morgan fingerprint density at radius 2 is 1.28 bits per heavy atom. The lowest BCUT2D eigenvalue weighted by atomic mass is 10.2. The zero-order valence-electron chi connectivity index (χ0n) is 13.2. The predicted molar refractivity (Wildman–Crippen MR) is 84.9 cm³/mol. The fourth-order valence-corrected chi connectivity index (χ4v) is 14.8. The van der Waals surface area contributed by atoms with Crippen LogP contribution in [0.15, 0.2) is 0 Å². The molecule has 0 bridgehead atoms. The Morgan fingerprint density at radius 1 is 0.944 bits per heavy atom. The maximum atomic E-state index is 9.59. The van der Waals surface area contributed by atoms with Crippen LogP contribution in [-0.4, -0.2) is 42.4 Å². The van der Waals surface area contributed by atoms with E-state index in [9.17, 15) is 5.11 Å². The molecule has 4 nitrogen and oxygen atoms in total. The van der Waals surface area contributed by atoms with E-state index in [-0.39, 0.29) is 6.04 Å². The minimum Gasteiger partial charge on any atom is -0.437 e. The van der Waals surface area contributed by atoms with Crippen molar-refractivity contribution in [1.29, 1.82) is 0 Å². The summed E-state index contributed by atoms with van der Waals surface area (Å²) in [5, 5.41) is 9.59. The molecule has 18 heavy (non-hydrogen) atoms. The summed E-state index contributed by atoms with van der Waals surface area (Å²) in [4.78, 5) is 0. The van der Waals surface area contributed by atoms with Gasteiger partial charge in [-0.3, -0.25) is 0 Å². The average Bonchev–Trinajstić information content (AvgIpc) is 1.93. The van der Waals surface area contributed by atoms with Gasteiger partial charge in [-0.1, -0.05) is 0 Å². The van der Waals surface area contributed by atoms with E-state index in [4.69, 9.17) is 14.0 Å². The summed E-state index contributed by atoms with van der Waals surface area (Å²) in [7, 11) is -5.65. The number of rotatable bonds is 7. The molecular formula is C11H31NO3Si3. The van der Waals surface area contributed by atoms with E-state index < -0.39 is 31.3 Å². The summed E-state index contributed by atoms with van der Waals surface area (Å²) in [6.45, 7) is 16.8. The van der Waals surface area contributed by atoms with Gasteiger partial charge < -0.3 is 19.1 Å². The molecule has 0 fully saturated rings. The summed E-state index contributed by atoms with van der Waals surface area (Å²) < 4.78 is 12.6. The molecule has 7 heteroatoms. The first-order chi connectivity index (χ1) is 7.74. The zero-order chi connectivity index (χ0) is 14.8. The van der Waals surface area contributed by atoms with E-state index >= 15 is 0 Å². The van der Waals surface area contributed by atoms with Crippen molar-refractivity contribution in [3.8, 4) is 0 Å². The fourth-order valence-electron chi connectivity index (χ4n) is 2.00. The molecule has 0 aromatic carbocycles. The molecule has 3 N–H and O–H groups in total. The Bertz CT molecular complexity index is 245. The topological polar surface area (TPSA) is 64.7 Å². The number of nitrogens with two attached hydrogens (primary N) is 1. The maximum Gasteiger partial charge on any atom is 0.316 e. The molecule has 0 saturated carbocycles. The molecule has 0 radical (unpaired) electrons. The van der Waals surface area contributed by atoms with Crippen LogP contribution in [0.4, 0.5) is 0 Å². The molecule has 1 unspecified atom stereocenters. The second kappa shape index (κ2) is 6.29. The zero-order valence-corrected chi connectivity index (χ0v) is 16.2. The van der Waals surface area contributed by atoms with Crippen LogP contribution in [0.25, 0.3) is 0 Å². The number of aliphatic hydroxyl groups is 1. The standard InChI is InChI=1S/C11H31NO3Si3/c1-10(13)11(12)9-18(8,14-16(2,3)4)15-17(5,6)7/h10-11,13H,9,12H2,1-8H3/t10-,11?/m1/s1. The van der Waals surface area contributed by atoms with Crippen molar-refractivity contribution in [3.63, 3.8) is 0 Å². The average molecular weight is 310 g/mol. The molecule has 0 saturated heterocycles. The Hall–Kier alpha value is 0.491. The molecule has 2 atom stereocenters. The number of hydrogen-bond donors (Lipinski definition) is 2. The summed E-state index contributed by atoms with van der Waals surface area (Å²) in [5.41, 5.74) is 6.00. The molecule has 0 amide bonds. The minimum absolute atomic E-state index is 0.269. The van der Waals surface area contributed by atoms with Crippen molar-refractivity contribution in [2.24, 2.45) is 5.73 Å². The molecule has 110 valence electrons. The molecule has 0 aromatic heterocycles. The highest BCUT2D eigenvalue weighted by atomic mass is 28.5. The number of aliphatic hydroxyl groups excluding tert-OH is 1. The quantitative estimate of drug-likeness (QED) is 0.709. The smallest absolute Gasteiger partial charge is 0.316 e. The first-order valence-electron chi connectivity index (χ1n) is 6.58. The van der Waals surface area contributed by atoms with Crippen molar-refractivity contribution in [2.75, 3.05) is 0 Å². The van der Waals surface area contributed by atoms with Crippen LogP contribution in [0.2, 0.25) is 51.9 Å². The lowest BCUT2D eigenvalue weighted by Crippen LogP contribution is -2.56. The van der Waals surface area contributed by atoms with Crippen molar-refractivity contribution < 1.29 is 13.3 Å². The van der Waals surface area contributed by atoms with E-state index in [2.05, 4.69) is 45.8 Å². The van der Waals surface area contributed by atoms with Crippen molar-refractivity contribution in [1.82, 2.24) is 0 Å². The van der Waals surface area contributed by atoms with Crippen LogP contribution in [0, 0.1) is 0 Å².